The number of carbonyl (C=O) groups is 1. The molecule has 2 aliphatic rings. The number of thioether (sulfide) groups is 2. The van der Waals surface area contributed by atoms with Crippen molar-refractivity contribution in [3.63, 3.8) is 0 Å². The number of anilines is 1. The summed E-state index contributed by atoms with van der Waals surface area (Å²) in [5.41, 5.74) is 3.05. The molecular weight excluding hydrogens is 456 g/mol. The molecule has 2 aromatic carbocycles. The van der Waals surface area contributed by atoms with Crippen molar-refractivity contribution in [3.05, 3.63) is 69.6 Å². The van der Waals surface area contributed by atoms with Crippen LogP contribution in [0.1, 0.15) is 18.9 Å². The maximum atomic E-state index is 13.0. The first-order valence-electron chi connectivity index (χ1n) is 10.5. The van der Waals surface area contributed by atoms with Gasteiger partial charge in [-0.2, -0.15) is 0 Å². The molecule has 32 heavy (non-hydrogen) atoms. The van der Waals surface area contributed by atoms with Gasteiger partial charge in [0.15, 0.2) is 5.17 Å². The summed E-state index contributed by atoms with van der Waals surface area (Å²) in [6.07, 6.45) is 3.99. The lowest BCUT2D eigenvalue weighted by atomic mass is 10.3. The molecule has 0 spiro atoms. The Bertz CT molecular complexity index is 1310. The van der Waals surface area contributed by atoms with E-state index in [0.29, 0.717) is 11.4 Å². The SMILES string of the molecule is CCN1C(=O)C(=CC=C2Sc3ccccc3N2CC)SC1=Nc1ccc2nc(C)sc2c1. The largest absolute Gasteiger partial charge is 0.335 e. The van der Waals surface area contributed by atoms with Crippen molar-refractivity contribution in [2.75, 3.05) is 18.0 Å². The number of rotatable bonds is 4. The Hall–Kier alpha value is -2.55. The van der Waals surface area contributed by atoms with Crippen LogP contribution in [0.3, 0.4) is 0 Å². The van der Waals surface area contributed by atoms with Gasteiger partial charge < -0.3 is 4.90 Å². The van der Waals surface area contributed by atoms with E-state index in [2.05, 4.69) is 47.1 Å². The highest BCUT2D eigenvalue weighted by atomic mass is 32.2. The minimum Gasteiger partial charge on any atom is -0.335 e. The summed E-state index contributed by atoms with van der Waals surface area (Å²) in [4.78, 5) is 28.3. The highest BCUT2D eigenvalue weighted by molar-refractivity contribution is 8.18. The minimum atomic E-state index is 0.00590. The third-order valence-electron chi connectivity index (χ3n) is 5.24. The van der Waals surface area contributed by atoms with E-state index in [0.717, 1.165) is 37.7 Å². The Labute approximate surface area is 199 Å². The zero-order valence-electron chi connectivity index (χ0n) is 18.0. The van der Waals surface area contributed by atoms with E-state index in [-0.39, 0.29) is 5.91 Å². The molecule has 3 aromatic rings. The number of benzene rings is 2. The Kier molecular flexibility index (Phi) is 5.84. The molecule has 2 aliphatic heterocycles. The Morgan fingerprint density at radius 2 is 1.84 bits per heavy atom. The second-order valence-electron chi connectivity index (χ2n) is 7.28. The Morgan fingerprint density at radius 3 is 2.66 bits per heavy atom. The molecule has 0 radical (unpaired) electrons. The third kappa shape index (κ3) is 3.87. The van der Waals surface area contributed by atoms with Crippen molar-refractivity contribution in [3.8, 4) is 0 Å². The summed E-state index contributed by atoms with van der Waals surface area (Å²) >= 11 is 4.83. The number of hydrogen-bond acceptors (Lipinski definition) is 7. The zero-order valence-corrected chi connectivity index (χ0v) is 20.5. The molecule has 5 rings (SSSR count). The van der Waals surface area contributed by atoms with E-state index in [1.807, 2.05) is 38.1 Å². The highest BCUT2D eigenvalue weighted by Crippen LogP contribution is 2.45. The second kappa shape index (κ2) is 8.77. The van der Waals surface area contributed by atoms with Crippen LogP contribution in [-0.4, -0.2) is 34.0 Å². The number of nitrogens with zero attached hydrogens (tertiary/aromatic N) is 4. The van der Waals surface area contributed by atoms with Crippen LogP contribution in [0.25, 0.3) is 10.2 Å². The second-order valence-corrected chi connectivity index (χ2v) is 10.6. The van der Waals surface area contributed by atoms with Crippen LogP contribution in [0.5, 0.6) is 0 Å². The predicted octanol–water partition coefficient (Wildman–Crippen LogP) is 6.55. The average Bonchev–Trinajstić information content (AvgIpc) is 3.43. The molecule has 1 saturated heterocycles. The summed E-state index contributed by atoms with van der Waals surface area (Å²) in [5, 5.41) is 2.89. The van der Waals surface area contributed by atoms with Gasteiger partial charge in [-0.3, -0.25) is 9.69 Å². The van der Waals surface area contributed by atoms with Gasteiger partial charge in [0.2, 0.25) is 0 Å². The number of aromatic nitrogens is 1. The van der Waals surface area contributed by atoms with Gasteiger partial charge in [0, 0.05) is 18.0 Å². The van der Waals surface area contributed by atoms with E-state index in [9.17, 15) is 4.79 Å². The van der Waals surface area contributed by atoms with Crippen molar-refractivity contribution in [1.82, 2.24) is 9.88 Å². The van der Waals surface area contributed by atoms with Gasteiger partial charge >= 0.3 is 0 Å². The van der Waals surface area contributed by atoms with Gasteiger partial charge in [-0.05, 0) is 75.0 Å². The quantitative estimate of drug-likeness (QED) is 0.398. The zero-order chi connectivity index (χ0) is 22.2. The summed E-state index contributed by atoms with van der Waals surface area (Å²) in [5.74, 6) is 0.00590. The predicted molar refractivity (Wildman–Crippen MR) is 138 cm³/mol. The number of aliphatic imine (C=N–C) groups is 1. The maximum Gasteiger partial charge on any atom is 0.266 e. The van der Waals surface area contributed by atoms with Crippen LogP contribution in [0.15, 0.2) is 74.4 Å². The molecule has 0 atom stereocenters. The highest BCUT2D eigenvalue weighted by Gasteiger charge is 2.32. The van der Waals surface area contributed by atoms with Gasteiger partial charge in [0.1, 0.15) is 0 Å². The van der Waals surface area contributed by atoms with Crippen molar-refractivity contribution in [2.24, 2.45) is 4.99 Å². The van der Waals surface area contributed by atoms with Crippen LogP contribution in [0, 0.1) is 6.92 Å². The van der Waals surface area contributed by atoms with E-state index in [1.165, 1.54) is 22.3 Å². The molecule has 1 fully saturated rings. The number of amides is 1. The minimum absolute atomic E-state index is 0.00590. The fourth-order valence-corrected chi connectivity index (χ4v) is 6.74. The normalized spacial score (nSPS) is 19.8. The number of amidine groups is 1. The van der Waals surface area contributed by atoms with Gasteiger partial charge in [-0.25, -0.2) is 9.98 Å². The van der Waals surface area contributed by atoms with Gasteiger partial charge in [0.05, 0.1) is 36.5 Å². The molecule has 0 saturated carbocycles. The third-order valence-corrected chi connectivity index (χ3v) is 8.33. The van der Waals surface area contributed by atoms with Gasteiger partial charge in [0.25, 0.3) is 5.91 Å². The molecule has 8 heteroatoms. The van der Waals surface area contributed by atoms with Gasteiger partial charge in [-0.1, -0.05) is 23.9 Å². The fourth-order valence-electron chi connectivity index (χ4n) is 3.74. The first-order valence-corrected chi connectivity index (χ1v) is 12.9. The molecular formula is C24H22N4OS3. The molecule has 0 bridgehead atoms. The summed E-state index contributed by atoms with van der Waals surface area (Å²) in [7, 11) is 0. The average molecular weight is 479 g/mol. The molecule has 1 amide bonds. The fraction of sp³-hybridized carbons (Fsp3) is 0.208. The van der Waals surface area contributed by atoms with Crippen molar-refractivity contribution in [1.29, 1.82) is 0 Å². The van der Waals surface area contributed by atoms with Gasteiger partial charge in [-0.15, -0.1) is 11.3 Å². The maximum absolute atomic E-state index is 13.0. The number of aryl methyl sites for hydroxylation is 1. The molecule has 162 valence electrons. The number of fused-ring (bicyclic) bond motifs is 2. The number of allylic oxidation sites excluding steroid dienone is 2. The summed E-state index contributed by atoms with van der Waals surface area (Å²) in [6, 6.07) is 14.4. The van der Waals surface area contributed by atoms with Crippen LogP contribution in [-0.2, 0) is 4.79 Å². The Balaban J connectivity index is 1.43. The molecule has 0 unspecified atom stereocenters. The number of carbonyl (C=O) groups excluding carboxylic acids is 1. The molecule has 0 N–H and O–H groups in total. The van der Waals surface area contributed by atoms with Crippen LogP contribution < -0.4 is 4.90 Å². The van der Waals surface area contributed by atoms with Crippen LogP contribution >= 0.6 is 34.9 Å². The van der Waals surface area contributed by atoms with Crippen molar-refractivity contribution in [2.45, 2.75) is 25.7 Å². The Morgan fingerprint density at radius 1 is 1.03 bits per heavy atom. The first-order chi connectivity index (χ1) is 15.6. The summed E-state index contributed by atoms with van der Waals surface area (Å²) < 4.78 is 1.11. The number of hydrogen-bond donors (Lipinski definition) is 0. The van der Waals surface area contributed by atoms with Crippen molar-refractivity contribution < 1.29 is 4.79 Å². The standard InChI is InChI=1S/C24H22N4OS3/c1-4-27-18-8-6-7-9-19(18)31-22(27)13-12-20-23(29)28(5-2)24(32-20)26-16-10-11-17-21(14-16)30-15(3)25-17/h6-14H,4-5H2,1-3H3. The number of para-hydroxylation sites is 1. The molecule has 3 heterocycles. The number of thiazole rings is 1. The lowest BCUT2D eigenvalue weighted by Gasteiger charge is -2.17. The summed E-state index contributed by atoms with van der Waals surface area (Å²) in [6.45, 7) is 7.60. The topological polar surface area (TPSA) is 48.8 Å². The lowest BCUT2D eigenvalue weighted by Crippen LogP contribution is -2.28. The molecule has 5 nitrogen and oxygen atoms in total. The number of likely N-dealkylation sites (N-methyl/N-ethyl adjacent to an activating group) is 1. The van der Waals surface area contributed by atoms with Crippen LogP contribution in [0.4, 0.5) is 11.4 Å². The molecule has 0 aliphatic carbocycles. The smallest absolute Gasteiger partial charge is 0.266 e. The monoisotopic (exact) mass is 478 g/mol. The first kappa shape index (κ1) is 21.3. The van der Waals surface area contributed by atoms with E-state index in [1.54, 1.807) is 28.0 Å². The van der Waals surface area contributed by atoms with E-state index >= 15 is 0 Å². The van der Waals surface area contributed by atoms with Crippen LogP contribution in [0.2, 0.25) is 0 Å². The lowest BCUT2D eigenvalue weighted by molar-refractivity contribution is -0.122. The van der Waals surface area contributed by atoms with E-state index in [4.69, 9.17) is 4.99 Å². The van der Waals surface area contributed by atoms with Crippen molar-refractivity contribution >= 4 is 67.5 Å². The van der Waals surface area contributed by atoms with E-state index < -0.39 is 0 Å². The molecule has 1 aromatic heterocycles.